The molecule has 11 heteroatoms. The lowest BCUT2D eigenvalue weighted by Gasteiger charge is -2.30. The third-order valence-electron chi connectivity index (χ3n) is 7.22. The minimum absolute atomic E-state index is 0.0368. The second-order valence-electron chi connectivity index (χ2n) is 9.77. The number of nitrogens with one attached hydrogen (secondary N) is 1. The van der Waals surface area contributed by atoms with E-state index in [0.29, 0.717) is 36.2 Å². The predicted octanol–water partition coefficient (Wildman–Crippen LogP) is 6.90. The first-order valence-electron chi connectivity index (χ1n) is 12.4. The van der Waals surface area contributed by atoms with Crippen LogP contribution in [0.15, 0.2) is 40.6 Å². The number of nitrogens with zero attached hydrogens (tertiary/aromatic N) is 2. The van der Waals surface area contributed by atoms with Gasteiger partial charge in [0.1, 0.15) is 14.2 Å². The van der Waals surface area contributed by atoms with Crippen LogP contribution in [0.25, 0.3) is 20.8 Å². The third-order valence-corrected chi connectivity index (χ3v) is 13.0. The van der Waals surface area contributed by atoms with Crippen LogP contribution >= 0.6 is 45.6 Å². The van der Waals surface area contributed by atoms with E-state index in [-0.39, 0.29) is 16.0 Å². The normalized spacial score (nSPS) is 19.2. The molecule has 2 aliphatic rings. The molecule has 0 bridgehead atoms. The smallest absolute Gasteiger partial charge is 0.252 e. The van der Waals surface area contributed by atoms with Crippen LogP contribution in [-0.2, 0) is 27.7 Å². The average molecular weight is 592 g/mol. The molecule has 1 N–H and O–H groups in total. The Morgan fingerprint density at radius 1 is 1.08 bits per heavy atom. The molecule has 1 aliphatic carbocycles. The van der Waals surface area contributed by atoms with Gasteiger partial charge in [0.2, 0.25) is 5.91 Å². The summed E-state index contributed by atoms with van der Waals surface area (Å²) in [7, 11) is -3.58. The molecule has 1 atom stereocenters. The molecule has 6 rings (SSSR count). The number of aromatic nitrogens is 1. The van der Waals surface area contributed by atoms with Crippen molar-refractivity contribution in [2.24, 2.45) is 11.8 Å². The number of hydrogen-bond donors (Lipinski definition) is 1. The molecule has 1 amide bonds. The first-order valence-corrected chi connectivity index (χ1v) is 16.6. The summed E-state index contributed by atoms with van der Waals surface area (Å²) < 4.78 is 29.2. The van der Waals surface area contributed by atoms with E-state index in [1.165, 1.54) is 14.7 Å². The Morgan fingerprint density at radius 2 is 1.86 bits per heavy atom. The predicted molar refractivity (Wildman–Crippen MR) is 154 cm³/mol. The van der Waals surface area contributed by atoms with Crippen molar-refractivity contribution < 1.29 is 13.2 Å². The molecule has 4 aromatic rings. The van der Waals surface area contributed by atoms with Crippen LogP contribution in [0.5, 0.6) is 0 Å². The summed E-state index contributed by atoms with van der Waals surface area (Å²) in [5, 5.41) is 5.09. The first-order chi connectivity index (χ1) is 17.8. The number of sulfonamides is 1. The molecule has 0 saturated carbocycles. The number of fused-ring (bicyclic) bond motifs is 2. The third kappa shape index (κ3) is 4.88. The highest BCUT2D eigenvalue weighted by Gasteiger charge is 2.34. The molecule has 1 unspecified atom stereocenters. The highest BCUT2D eigenvalue weighted by atomic mass is 35.5. The van der Waals surface area contributed by atoms with Gasteiger partial charge in [0, 0.05) is 29.4 Å². The number of thiophene rings is 2. The summed E-state index contributed by atoms with van der Waals surface area (Å²) in [6, 6.07) is 11.3. The molecule has 1 aliphatic heterocycles. The number of benzene rings is 1. The van der Waals surface area contributed by atoms with E-state index in [4.69, 9.17) is 16.6 Å². The van der Waals surface area contributed by atoms with Crippen LogP contribution in [0.4, 0.5) is 5.00 Å². The molecule has 4 heterocycles. The van der Waals surface area contributed by atoms with Gasteiger partial charge in [-0.05, 0) is 67.9 Å². The Hall–Kier alpha value is -1.82. The van der Waals surface area contributed by atoms with Gasteiger partial charge in [0.15, 0.2) is 0 Å². The lowest BCUT2D eigenvalue weighted by atomic mass is 9.88. The summed E-state index contributed by atoms with van der Waals surface area (Å²) in [5.74, 6) is 0.354. The fourth-order valence-corrected chi connectivity index (χ4v) is 10.8. The number of hydrogen-bond acceptors (Lipinski definition) is 7. The number of anilines is 1. The van der Waals surface area contributed by atoms with Crippen molar-refractivity contribution in [1.82, 2.24) is 9.29 Å². The van der Waals surface area contributed by atoms with Gasteiger partial charge in [0.05, 0.1) is 14.6 Å². The van der Waals surface area contributed by atoms with Crippen molar-refractivity contribution >= 4 is 76.8 Å². The van der Waals surface area contributed by atoms with Gasteiger partial charge in [-0.2, -0.15) is 4.31 Å². The number of piperidine rings is 1. The highest BCUT2D eigenvalue weighted by molar-refractivity contribution is 7.91. The quantitative estimate of drug-likeness (QED) is 0.274. The van der Waals surface area contributed by atoms with Crippen LogP contribution in [0.2, 0.25) is 4.34 Å². The molecule has 1 fully saturated rings. The molecule has 1 saturated heterocycles. The van der Waals surface area contributed by atoms with Gasteiger partial charge in [-0.15, -0.1) is 34.0 Å². The lowest BCUT2D eigenvalue weighted by molar-refractivity contribution is -0.120. The number of carbonyl (C=O) groups excluding carboxylic acids is 1. The molecule has 0 spiro atoms. The zero-order chi connectivity index (χ0) is 25.7. The number of para-hydroxylation sites is 1. The monoisotopic (exact) mass is 591 g/mol. The van der Waals surface area contributed by atoms with Crippen LogP contribution < -0.4 is 5.32 Å². The molecule has 3 aromatic heterocycles. The summed E-state index contributed by atoms with van der Waals surface area (Å²) in [6.07, 6.45) is 4.14. The first kappa shape index (κ1) is 25.5. The SMILES string of the molecule is CC1CCc2c(sc(NC(=O)C3CCN(S(=O)(=O)c4ccc(Cl)s4)CC3)c2-c2nc3ccccc3s2)C1. The molecular weight excluding hydrogens is 566 g/mol. The van der Waals surface area contributed by atoms with Crippen molar-refractivity contribution in [3.05, 3.63) is 51.2 Å². The fraction of sp³-hybridized carbons (Fsp3) is 0.385. The van der Waals surface area contributed by atoms with Gasteiger partial charge >= 0.3 is 0 Å². The van der Waals surface area contributed by atoms with E-state index in [9.17, 15) is 13.2 Å². The Kier molecular flexibility index (Phi) is 6.92. The highest BCUT2D eigenvalue weighted by Crippen LogP contribution is 2.47. The fourth-order valence-electron chi connectivity index (χ4n) is 5.18. The zero-order valence-corrected chi connectivity index (χ0v) is 24.2. The molecule has 37 heavy (non-hydrogen) atoms. The van der Waals surface area contributed by atoms with Gasteiger partial charge in [-0.3, -0.25) is 4.79 Å². The van der Waals surface area contributed by atoms with Gasteiger partial charge < -0.3 is 5.32 Å². The minimum Gasteiger partial charge on any atom is -0.317 e. The maximum Gasteiger partial charge on any atom is 0.252 e. The number of rotatable bonds is 5. The topological polar surface area (TPSA) is 79.4 Å². The van der Waals surface area contributed by atoms with Crippen molar-refractivity contribution in [3.8, 4) is 10.6 Å². The number of thiazole rings is 1. The Balaban J connectivity index is 1.23. The standard InChI is InChI=1S/C26H26ClN3O3S4/c1-15-6-7-17-20(14-15)35-26(23(17)25-28-18-4-2-3-5-19(18)34-25)29-24(31)16-10-12-30(13-11-16)37(32,33)22-9-8-21(27)36-22/h2-5,8-9,15-16H,6-7,10-14H2,1H3,(H,29,31). The largest absolute Gasteiger partial charge is 0.317 e. The number of carbonyl (C=O) groups is 1. The molecule has 0 radical (unpaired) electrons. The average Bonchev–Trinajstić information content (AvgIpc) is 3.60. The lowest BCUT2D eigenvalue weighted by Crippen LogP contribution is -2.41. The van der Waals surface area contributed by atoms with Crippen LogP contribution in [0.3, 0.4) is 0 Å². The Morgan fingerprint density at radius 3 is 2.59 bits per heavy atom. The van der Waals surface area contributed by atoms with E-state index in [1.807, 2.05) is 18.2 Å². The van der Waals surface area contributed by atoms with Crippen LogP contribution in [-0.4, -0.2) is 36.7 Å². The maximum absolute atomic E-state index is 13.4. The van der Waals surface area contributed by atoms with E-state index in [0.717, 1.165) is 56.4 Å². The second kappa shape index (κ2) is 10.1. The Bertz CT molecular complexity index is 1550. The zero-order valence-electron chi connectivity index (χ0n) is 20.2. The second-order valence-corrected chi connectivity index (χ2v) is 15.8. The Labute approximate surface area is 233 Å². The van der Waals surface area contributed by atoms with Gasteiger partial charge in [0.25, 0.3) is 10.0 Å². The van der Waals surface area contributed by atoms with Crippen LogP contribution in [0, 0.1) is 11.8 Å². The molecule has 6 nitrogen and oxygen atoms in total. The van der Waals surface area contributed by atoms with Crippen molar-refractivity contribution in [2.75, 3.05) is 18.4 Å². The van der Waals surface area contributed by atoms with Crippen molar-refractivity contribution in [2.45, 2.75) is 43.2 Å². The van der Waals surface area contributed by atoms with Gasteiger partial charge in [-0.25, -0.2) is 13.4 Å². The number of amides is 1. The summed E-state index contributed by atoms with van der Waals surface area (Å²) >= 11 is 10.4. The number of halogens is 1. The maximum atomic E-state index is 13.4. The van der Waals surface area contributed by atoms with E-state index in [2.05, 4.69) is 18.3 Å². The van der Waals surface area contributed by atoms with E-state index < -0.39 is 10.0 Å². The van der Waals surface area contributed by atoms with E-state index in [1.54, 1.807) is 34.8 Å². The van der Waals surface area contributed by atoms with Crippen molar-refractivity contribution in [3.63, 3.8) is 0 Å². The minimum atomic E-state index is -3.58. The van der Waals surface area contributed by atoms with E-state index >= 15 is 0 Å². The summed E-state index contributed by atoms with van der Waals surface area (Å²) in [4.78, 5) is 19.7. The van der Waals surface area contributed by atoms with Crippen LogP contribution in [0.1, 0.15) is 36.6 Å². The molecule has 194 valence electrons. The van der Waals surface area contributed by atoms with Gasteiger partial charge in [-0.1, -0.05) is 30.7 Å². The summed E-state index contributed by atoms with van der Waals surface area (Å²) in [6.45, 7) is 2.92. The van der Waals surface area contributed by atoms with Crippen molar-refractivity contribution in [1.29, 1.82) is 0 Å². The summed E-state index contributed by atoms with van der Waals surface area (Å²) in [5.41, 5.74) is 3.38. The molecule has 1 aromatic carbocycles. The molecular formula is C26H26ClN3O3S4.